The Labute approximate surface area is 177 Å². The predicted octanol–water partition coefficient (Wildman–Crippen LogP) is 3.77. The molecule has 3 heterocycles. The maximum absolute atomic E-state index is 14.6. The molecule has 3 aromatic rings. The van der Waals surface area contributed by atoms with Crippen molar-refractivity contribution in [2.24, 2.45) is 7.05 Å². The number of likely N-dealkylation sites (tertiary alicyclic amines) is 1. The van der Waals surface area contributed by atoms with Gasteiger partial charge >= 0.3 is 0 Å². The lowest BCUT2D eigenvalue weighted by Gasteiger charge is -2.33. The Morgan fingerprint density at radius 2 is 2.00 bits per heavy atom. The van der Waals surface area contributed by atoms with Crippen LogP contribution in [0.25, 0.3) is 11.1 Å². The van der Waals surface area contributed by atoms with Crippen LogP contribution < -0.4 is 4.90 Å². The first-order chi connectivity index (χ1) is 14.4. The summed E-state index contributed by atoms with van der Waals surface area (Å²) in [5.74, 6) is 0.649. The number of halogens is 1. The third-order valence-electron chi connectivity index (χ3n) is 5.77. The first-order valence-electron chi connectivity index (χ1n) is 10.4. The molecular weight excluding hydrogens is 379 g/mol. The zero-order valence-electron chi connectivity index (χ0n) is 18.1. The van der Waals surface area contributed by atoms with Gasteiger partial charge in [-0.2, -0.15) is 5.10 Å². The zero-order chi connectivity index (χ0) is 21.3. The molecule has 1 unspecified atom stereocenters. The van der Waals surface area contributed by atoms with E-state index in [-0.39, 0.29) is 11.7 Å². The van der Waals surface area contributed by atoms with Gasteiger partial charge in [0, 0.05) is 69.2 Å². The number of hydrogen-bond acceptors (Lipinski definition) is 5. The van der Waals surface area contributed by atoms with E-state index in [0.717, 1.165) is 49.4 Å². The largest absolute Gasteiger partial charge is 0.347 e. The van der Waals surface area contributed by atoms with Crippen molar-refractivity contribution < 1.29 is 4.39 Å². The summed E-state index contributed by atoms with van der Waals surface area (Å²) in [5.41, 5.74) is 4.63. The number of anilines is 1. The van der Waals surface area contributed by atoms with Gasteiger partial charge in [-0.3, -0.25) is 9.58 Å². The van der Waals surface area contributed by atoms with Gasteiger partial charge in [-0.1, -0.05) is 18.2 Å². The number of aromatic nitrogens is 4. The fraction of sp³-hybridized carbons (Fsp3) is 0.435. The van der Waals surface area contributed by atoms with Gasteiger partial charge in [-0.05, 0) is 32.4 Å². The second-order valence-electron chi connectivity index (χ2n) is 8.33. The highest BCUT2D eigenvalue weighted by atomic mass is 19.1. The van der Waals surface area contributed by atoms with Crippen molar-refractivity contribution in [1.29, 1.82) is 0 Å². The molecule has 0 bridgehead atoms. The van der Waals surface area contributed by atoms with Crippen molar-refractivity contribution in [3.63, 3.8) is 0 Å². The number of rotatable bonds is 5. The molecule has 0 saturated carbocycles. The number of aryl methyl sites for hydroxylation is 2. The molecule has 7 heteroatoms. The number of piperidine rings is 1. The van der Waals surface area contributed by atoms with E-state index < -0.39 is 0 Å². The molecule has 0 radical (unpaired) electrons. The molecular formula is C23H29FN6. The Hall–Kier alpha value is -2.80. The van der Waals surface area contributed by atoms with Crippen LogP contribution in [0.4, 0.5) is 10.3 Å². The van der Waals surface area contributed by atoms with E-state index in [1.54, 1.807) is 12.3 Å². The zero-order valence-corrected chi connectivity index (χ0v) is 18.1. The monoisotopic (exact) mass is 408 g/mol. The van der Waals surface area contributed by atoms with Crippen molar-refractivity contribution in [1.82, 2.24) is 24.6 Å². The van der Waals surface area contributed by atoms with Crippen molar-refractivity contribution in [3.8, 4) is 11.1 Å². The standard InChI is InChI=1S/C23H29FN6/c1-16-18(13-29(4)27-16)15-30-11-7-8-17(14-30)22-20(12-25-23(26-22)28(2)3)19-9-5-6-10-21(19)24/h5-6,9-10,12-13,17H,7-8,11,14-15H2,1-4H3. The van der Waals surface area contributed by atoms with Crippen LogP contribution in [-0.2, 0) is 13.6 Å². The number of benzene rings is 1. The molecule has 1 aliphatic heterocycles. The minimum Gasteiger partial charge on any atom is -0.347 e. The number of nitrogens with zero attached hydrogens (tertiary/aromatic N) is 6. The topological polar surface area (TPSA) is 50.1 Å². The third-order valence-corrected chi connectivity index (χ3v) is 5.77. The minimum absolute atomic E-state index is 0.229. The van der Waals surface area contributed by atoms with Crippen LogP contribution >= 0.6 is 0 Å². The van der Waals surface area contributed by atoms with Crippen LogP contribution in [0.1, 0.15) is 35.7 Å². The summed E-state index contributed by atoms with van der Waals surface area (Å²) in [5, 5.41) is 4.47. The predicted molar refractivity (Wildman–Crippen MR) is 117 cm³/mol. The third kappa shape index (κ3) is 4.21. The van der Waals surface area contributed by atoms with Gasteiger partial charge in [0.15, 0.2) is 0 Å². The van der Waals surface area contributed by atoms with Crippen LogP contribution in [0.3, 0.4) is 0 Å². The van der Waals surface area contributed by atoms with Crippen LogP contribution in [0.15, 0.2) is 36.7 Å². The van der Waals surface area contributed by atoms with Crippen LogP contribution in [0.5, 0.6) is 0 Å². The number of hydrogen-bond donors (Lipinski definition) is 0. The fourth-order valence-electron chi connectivity index (χ4n) is 4.27. The van der Waals surface area contributed by atoms with Crippen molar-refractivity contribution in [2.75, 3.05) is 32.1 Å². The van der Waals surface area contributed by atoms with Crippen LogP contribution in [-0.4, -0.2) is 51.8 Å². The first kappa shape index (κ1) is 20.5. The van der Waals surface area contributed by atoms with E-state index in [2.05, 4.69) is 28.1 Å². The summed E-state index contributed by atoms with van der Waals surface area (Å²) in [7, 11) is 5.82. The van der Waals surface area contributed by atoms with Crippen molar-refractivity contribution in [2.45, 2.75) is 32.2 Å². The quantitative estimate of drug-likeness (QED) is 0.643. The van der Waals surface area contributed by atoms with Gasteiger partial charge in [-0.15, -0.1) is 0 Å². The van der Waals surface area contributed by atoms with E-state index in [4.69, 9.17) is 4.98 Å². The van der Waals surface area contributed by atoms with Gasteiger partial charge < -0.3 is 4.90 Å². The molecule has 0 aliphatic carbocycles. The van der Waals surface area contributed by atoms with E-state index >= 15 is 0 Å². The van der Waals surface area contributed by atoms with Crippen molar-refractivity contribution in [3.05, 3.63) is 59.4 Å². The molecule has 1 atom stereocenters. The van der Waals surface area contributed by atoms with E-state index in [0.29, 0.717) is 11.5 Å². The van der Waals surface area contributed by atoms with Crippen LogP contribution in [0, 0.1) is 12.7 Å². The Morgan fingerprint density at radius 3 is 2.70 bits per heavy atom. The molecule has 0 amide bonds. The summed E-state index contributed by atoms with van der Waals surface area (Å²) >= 11 is 0. The Bertz CT molecular complexity index is 1030. The lowest BCUT2D eigenvalue weighted by molar-refractivity contribution is 0.198. The molecule has 4 rings (SSSR count). The second-order valence-corrected chi connectivity index (χ2v) is 8.33. The first-order valence-corrected chi connectivity index (χ1v) is 10.4. The van der Waals surface area contributed by atoms with E-state index in [9.17, 15) is 4.39 Å². The highest BCUT2D eigenvalue weighted by Crippen LogP contribution is 2.35. The highest BCUT2D eigenvalue weighted by molar-refractivity contribution is 5.67. The Morgan fingerprint density at radius 1 is 1.20 bits per heavy atom. The highest BCUT2D eigenvalue weighted by Gasteiger charge is 2.27. The molecule has 158 valence electrons. The molecule has 1 saturated heterocycles. The van der Waals surface area contributed by atoms with Gasteiger partial charge in [0.1, 0.15) is 5.82 Å². The van der Waals surface area contributed by atoms with Crippen molar-refractivity contribution >= 4 is 5.95 Å². The molecule has 2 aromatic heterocycles. The maximum atomic E-state index is 14.6. The Kier molecular flexibility index (Phi) is 5.81. The molecule has 1 fully saturated rings. The van der Waals surface area contributed by atoms with Gasteiger partial charge in [0.05, 0.1) is 11.4 Å². The SMILES string of the molecule is Cc1nn(C)cc1CN1CCCC(c2nc(N(C)C)ncc2-c2ccccc2F)C1. The molecule has 0 N–H and O–H groups in total. The molecule has 0 spiro atoms. The molecule has 30 heavy (non-hydrogen) atoms. The summed E-state index contributed by atoms with van der Waals surface area (Å²) < 4.78 is 16.5. The lowest BCUT2D eigenvalue weighted by Crippen LogP contribution is -2.34. The smallest absolute Gasteiger partial charge is 0.225 e. The average molecular weight is 409 g/mol. The van der Waals surface area contributed by atoms with Crippen LogP contribution in [0.2, 0.25) is 0 Å². The minimum atomic E-state index is -0.237. The van der Waals surface area contributed by atoms with Gasteiger partial charge in [-0.25, -0.2) is 14.4 Å². The maximum Gasteiger partial charge on any atom is 0.225 e. The Balaban J connectivity index is 1.66. The average Bonchev–Trinajstić information content (AvgIpc) is 3.05. The van der Waals surface area contributed by atoms with E-state index in [1.165, 1.54) is 11.6 Å². The fourth-order valence-corrected chi connectivity index (χ4v) is 4.27. The lowest BCUT2D eigenvalue weighted by atomic mass is 9.89. The summed E-state index contributed by atoms with van der Waals surface area (Å²) in [6.45, 7) is 4.86. The summed E-state index contributed by atoms with van der Waals surface area (Å²) in [6, 6.07) is 6.89. The molecule has 1 aliphatic rings. The van der Waals surface area contributed by atoms with Gasteiger partial charge in [0.25, 0.3) is 0 Å². The summed E-state index contributed by atoms with van der Waals surface area (Å²) in [6.07, 6.45) is 5.99. The van der Waals surface area contributed by atoms with Gasteiger partial charge in [0.2, 0.25) is 5.95 Å². The molecule has 6 nitrogen and oxygen atoms in total. The normalized spacial score (nSPS) is 17.3. The summed E-state index contributed by atoms with van der Waals surface area (Å²) in [4.78, 5) is 13.7. The molecule has 1 aromatic carbocycles. The van der Waals surface area contributed by atoms with E-state index in [1.807, 2.05) is 42.9 Å². The second kappa shape index (κ2) is 8.52.